The van der Waals surface area contributed by atoms with Crippen molar-refractivity contribution in [2.24, 2.45) is 0 Å². The Bertz CT molecular complexity index is 770. The number of rotatable bonds is 3. The van der Waals surface area contributed by atoms with Gasteiger partial charge in [-0.3, -0.25) is 4.79 Å². The highest BCUT2D eigenvalue weighted by atomic mass is 32.1. The molecule has 0 saturated carbocycles. The summed E-state index contributed by atoms with van der Waals surface area (Å²) in [6.07, 6.45) is 5.99. The number of aromatic nitrogens is 3. The Morgan fingerprint density at radius 2 is 2.23 bits per heavy atom. The maximum atomic E-state index is 12.0. The molecule has 0 unspecified atom stereocenters. The first kappa shape index (κ1) is 14.5. The summed E-state index contributed by atoms with van der Waals surface area (Å²) in [5.74, 6) is 1.45. The predicted molar refractivity (Wildman–Crippen MR) is 85.7 cm³/mol. The molecule has 7 heteroatoms. The molecular weight excluding hydrogens is 300 g/mol. The summed E-state index contributed by atoms with van der Waals surface area (Å²) < 4.78 is 6.91. The van der Waals surface area contributed by atoms with Crippen molar-refractivity contribution < 1.29 is 9.53 Å². The van der Waals surface area contributed by atoms with Gasteiger partial charge in [-0.05, 0) is 18.2 Å². The monoisotopic (exact) mass is 316 g/mol. The minimum Gasteiger partial charge on any atom is -0.487 e. The van der Waals surface area contributed by atoms with Crippen LogP contribution in [0.5, 0.6) is 5.06 Å². The number of nitrogens with zero attached hydrogens (tertiary/aromatic N) is 4. The maximum Gasteiger partial charge on any atom is 0.253 e. The van der Waals surface area contributed by atoms with Crippen molar-refractivity contribution >= 4 is 23.4 Å². The third kappa shape index (κ3) is 2.67. The lowest BCUT2D eigenvalue weighted by molar-refractivity contribution is -0.124. The molecule has 0 N–H and O–H groups in total. The topological polar surface area (TPSA) is 60.2 Å². The quantitative estimate of drug-likeness (QED) is 0.869. The van der Waals surface area contributed by atoms with Crippen LogP contribution in [0.1, 0.15) is 5.82 Å². The van der Waals surface area contributed by atoms with Crippen molar-refractivity contribution in [3.8, 4) is 15.8 Å². The zero-order valence-corrected chi connectivity index (χ0v) is 13.4. The second-order valence-electron chi connectivity index (χ2n) is 5.00. The number of thiophene rings is 1. The molecule has 1 amide bonds. The van der Waals surface area contributed by atoms with Crippen LogP contribution < -0.4 is 4.74 Å². The van der Waals surface area contributed by atoms with E-state index in [-0.39, 0.29) is 5.91 Å². The second-order valence-corrected chi connectivity index (χ2v) is 6.04. The van der Waals surface area contributed by atoms with Crippen LogP contribution >= 0.6 is 11.3 Å². The Morgan fingerprint density at radius 3 is 2.91 bits per heavy atom. The predicted octanol–water partition coefficient (Wildman–Crippen LogP) is 2.06. The molecule has 0 spiro atoms. The van der Waals surface area contributed by atoms with Crippen molar-refractivity contribution in [3.05, 3.63) is 35.7 Å². The van der Waals surface area contributed by atoms with Crippen LogP contribution in [0, 0.1) is 0 Å². The molecule has 3 heterocycles. The van der Waals surface area contributed by atoms with E-state index in [0.717, 1.165) is 15.8 Å². The summed E-state index contributed by atoms with van der Waals surface area (Å²) in [4.78, 5) is 19.1. The van der Waals surface area contributed by atoms with Gasteiger partial charge in [-0.1, -0.05) is 17.4 Å². The number of hydrogen-bond donors (Lipinski definition) is 0. The van der Waals surface area contributed by atoms with Gasteiger partial charge in [-0.2, -0.15) is 0 Å². The SMILES string of the molecule is COc1ccc(-c2nc3n(n2)C=CC(C(=O)N(C)C)=CC3)s1. The minimum absolute atomic E-state index is 0.0229. The van der Waals surface area contributed by atoms with Gasteiger partial charge < -0.3 is 9.64 Å². The van der Waals surface area contributed by atoms with Gasteiger partial charge in [-0.25, -0.2) is 9.67 Å². The second kappa shape index (κ2) is 5.76. The smallest absolute Gasteiger partial charge is 0.253 e. The van der Waals surface area contributed by atoms with E-state index in [1.165, 1.54) is 11.3 Å². The highest BCUT2D eigenvalue weighted by molar-refractivity contribution is 7.17. The summed E-state index contributed by atoms with van der Waals surface area (Å²) in [7, 11) is 5.12. The van der Waals surface area contributed by atoms with Gasteiger partial charge >= 0.3 is 0 Å². The number of methoxy groups -OCH3 is 1. The number of carbonyl (C=O) groups excluding carboxylic acids is 1. The largest absolute Gasteiger partial charge is 0.487 e. The number of carbonyl (C=O) groups is 1. The number of amides is 1. The minimum atomic E-state index is -0.0229. The van der Waals surface area contributed by atoms with Crippen LogP contribution in [0.4, 0.5) is 0 Å². The number of likely N-dealkylation sites (N-methyl/N-ethyl adjacent to an activating group) is 1. The van der Waals surface area contributed by atoms with Gasteiger partial charge in [0.1, 0.15) is 5.82 Å². The molecule has 2 aromatic heterocycles. The molecule has 6 nitrogen and oxygen atoms in total. The molecule has 0 fully saturated rings. The Balaban J connectivity index is 1.87. The van der Waals surface area contributed by atoms with E-state index in [1.54, 1.807) is 43.1 Å². The highest BCUT2D eigenvalue weighted by Crippen LogP contribution is 2.31. The average Bonchev–Trinajstić information content (AvgIpc) is 3.09. The summed E-state index contributed by atoms with van der Waals surface area (Å²) in [6.45, 7) is 0. The van der Waals surface area contributed by atoms with Crippen LogP contribution in [-0.4, -0.2) is 46.8 Å². The van der Waals surface area contributed by atoms with Crippen molar-refractivity contribution in [3.63, 3.8) is 0 Å². The van der Waals surface area contributed by atoms with Crippen molar-refractivity contribution in [2.75, 3.05) is 21.2 Å². The third-order valence-electron chi connectivity index (χ3n) is 3.26. The van der Waals surface area contributed by atoms with Gasteiger partial charge in [-0.15, -0.1) is 5.10 Å². The lowest BCUT2D eigenvalue weighted by atomic mass is 10.2. The molecule has 1 aliphatic rings. The molecule has 0 bridgehead atoms. The molecule has 1 aliphatic heterocycles. The molecule has 114 valence electrons. The fourth-order valence-corrected chi connectivity index (χ4v) is 2.86. The van der Waals surface area contributed by atoms with Crippen LogP contribution in [-0.2, 0) is 11.2 Å². The Morgan fingerprint density at radius 1 is 1.41 bits per heavy atom. The van der Waals surface area contributed by atoms with E-state index in [1.807, 2.05) is 18.2 Å². The Hall–Kier alpha value is -2.41. The van der Waals surface area contributed by atoms with Gasteiger partial charge in [0.2, 0.25) is 0 Å². The lowest BCUT2D eigenvalue weighted by Crippen LogP contribution is -2.22. The molecule has 2 aromatic rings. The number of ether oxygens (including phenoxy) is 1. The molecule has 0 saturated heterocycles. The average molecular weight is 316 g/mol. The van der Waals surface area contributed by atoms with Crippen LogP contribution in [0.2, 0.25) is 0 Å². The first-order valence-electron chi connectivity index (χ1n) is 6.78. The Kier molecular flexibility index (Phi) is 3.81. The summed E-state index contributed by atoms with van der Waals surface area (Å²) in [6, 6.07) is 3.84. The summed E-state index contributed by atoms with van der Waals surface area (Å²) >= 11 is 1.50. The van der Waals surface area contributed by atoms with Crippen LogP contribution in [0.15, 0.2) is 29.9 Å². The lowest BCUT2D eigenvalue weighted by Gasteiger charge is -2.09. The highest BCUT2D eigenvalue weighted by Gasteiger charge is 2.16. The zero-order valence-electron chi connectivity index (χ0n) is 12.6. The van der Waals surface area contributed by atoms with E-state index < -0.39 is 0 Å². The molecular formula is C15H16N4O2S. The van der Waals surface area contributed by atoms with Gasteiger partial charge in [0, 0.05) is 32.3 Å². The van der Waals surface area contributed by atoms with E-state index >= 15 is 0 Å². The van der Waals surface area contributed by atoms with Crippen LogP contribution in [0.25, 0.3) is 16.9 Å². The summed E-state index contributed by atoms with van der Waals surface area (Å²) in [5.41, 5.74) is 0.650. The normalized spacial score (nSPS) is 13.3. The first-order valence-corrected chi connectivity index (χ1v) is 7.60. The van der Waals surface area contributed by atoms with E-state index in [2.05, 4.69) is 10.1 Å². The standard InChI is InChI=1S/C15H16N4O2S/c1-18(2)15(20)10-4-6-12-16-14(17-19(12)9-8-10)11-5-7-13(21-3)22-11/h4-5,7-9H,6H2,1-3H3. The third-order valence-corrected chi connectivity index (χ3v) is 4.30. The van der Waals surface area contributed by atoms with E-state index in [4.69, 9.17) is 4.74 Å². The number of hydrogen-bond acceptors (Lipinski definition) is 5. The van der Waals surface area contributed by atoms with Gasteiger partial charge in [0.25, 0.3) is 5.91 Å². The van der Waals surface area contributed by atoms with E-state index in [0.29, 0.717) is 17.8 Å². The van der Waals surface area contributed by atoms with Crippen molar-refractivity contribution in [2.45, 2.75) is 6.42 Å². The summed E-state index contributed by atoms with van der Waals surface area (Å²) in [5, 5.41) is 5.31. The number of fused-ring (bicyclic) bond motifs is 1. The van der Waals surface area contributed by atoms with Crippen LogP contribution in [0.3, 0.4) is 0 Å². The fourth-order valence-electron chi connectivity index (χ4n) is 2.11. The molecule has 0 aliphatic carbocycles. The molecule has 3 rings (SSSR count). The zero-order chi connectivity index (χ0) is 15.7. The van der Waals surface area contributed by atoms with E-state index in [9.17, 15) is 4.79 Å². The van der Waals surface area contributed by atoms with Crippen molar-refractivity contribution in [1.29, 1.82) is 0 Å². The maximum absolute atomic E-state index is 12.0. The van der Waals surface area contributed by atoms with Gasteiger partial charge in [0.15, 0.2) is 10.9 Å². The van der Waals surface area contributed by atoms with Crippen molar-refractivity contribution in [1.82, 2.24) is 19.7 Å². The molecule has 22 heavy (non-hydrogen) atoms. The fraction of sp³-hybridized carbons (Fsp3) is 0.267. The molecule has 0 radical (unpaired) electrons. The first-order chi connectivity index (χ1) is 10.6. The Labute approximate surface area is 132 Å². The number of allylic oxidation sites excluding steroid dienone is 1. The molecule has 0 aromatic carbocycles. The van der Waals surface area contributed by atoms with Gasteiger partial charge in [0.05, 0.1) is 12.0 Å². The molecule has 0 atom stereocenters.